The van der Waals surface area contributed by atoms with Gasteiger partial charge in [-0.1, -0.05) is 26.0 Å². The van der Waals surface area contributed by atoms with E-state index in [1.165, 1.54) is 31.5 Å². The Hall–Kier alpha value is -1.02. The topological polar surface area (TPSA) is 29.3 Å². The maximum Gasteiger partial charge on any atom is 0.0371 e. The van der Waals surface area contributed by atoms with E-state index in [9.17, 15) is 0 Å². The molecule has 1 atom stereocenters. The van der Waals surface area contributed by atoms with Crippen LogP contribution in [0.4, 0.5) is 5.69 Å². The first-order valence-electron chi connectivity index (χ1n) is 6.28. The van der Waals surface area contributed by atoms with Crippen LogP contribution in [0.25, 0.3) is 0 Å². The van der Waals surface area contributed by atoms with Gasteiger partial charge in [-0.15, -0.1) is 0 Å². The van der Waals surface area contributed by atoms with Gasteiger partial charge in [0.05, 0.1) is 0 Å². The van der Waals surface area contributed by atoms with Gasteiger partial charge in [-0.25, -0.2) is 0 Å². The smallest absolute Gasteiger partial charge is 0.0371 e. The van der Waals surface area contributed by atoms with Crippen LogP contribution in [-0.4, -0.2) is 18.0 Å². The predicted octanol–water partition coefficient (Wildman–Crippen LogP) is 3.06. The van der Waals surface area contributed by atoms with Crippen LogP contribution in [0, 0.1) is 5.92 Å². The molecular formula is C14H22N2. The number of likely N-dealkylation sites (tertiary alicyclic amines) is 1. The fourth-order valence-corrected chi connectivity index (χ4v) is 2.78. The van der Waals surface area contributed by atoms with Crippen LogP contribution in [0.2, 0.25) is 0 Å². The predicted molar refractivity (Wildman–Crippen MR) is 69.2 cm³/mol. The lowest BCUT2D eigenvalue weighted by atomic mass is 9.94. The maximum atomic E-state index is 5.88. The Morgan fingerprint density at radius 2 is 1.88 bits per heavy atom. The van der Waals surface area contributed by atoms with Crippen molar-refractivity contribution in [3.63, 3.8) is 0 Å². The average molecular weight is 218 g/mol. The summed E-state index contributed by atoms with van der Waals surface area (Å²) in [6.45, 7) is 7.06. The summed E-state index contributed by atoms with van der Waals surface area (Å²) in [6.07, 6.45) is 2.68. The fourth-order valence-electron chi connectivity index (χ4n) is 2.78. The Morgan fingerprint density at radius 1 is 1.19 bits per heavy atom. The van der Waals surface area contributed by atoms with Crippen LogP contribution in [0.5, 0.6) is 0 Å². The molecule has 1 heterocycles. The number of hydrogen-bond donors (Lipinski definition) is 1. The van der Waals surface area contributed by atoms with Crippen molar-refractivity contribution in [2.75, 3.05) is 18.8 Å². The van der Waals surface area contributed by atoms with Gasteiger partial charge in [-0.05, 0) is 49.5 Å². The first-order valence-corrected chi connectivity index (χ1v) is 6.28. The second-order valence-corrected chi connectivity index (χ2v) is 5.10. The van der Waals surface area contributed by atoms with E-state index in [1.807, 2.05) is 6.07 Å². The molecule has 0 radical (unpaired) electrons. The molecule has 1 aliphatic rings. The van der Waals surface area contributed by atoms with Crippen molar-refractivity contribution in [3.05, 3.63) is 29.8 Å². The van der Waals surface area contributed by atoms with E-state index in [-0.39, 0.29) is 0 Å². The van der Waals surface area contributed by atoms with Crippen molar-refractivity contribution < 1.29 is 0 Å². The SMILES string of the molecule is CC(C)C(c1cccc(N)c1)N1CCCC1. The average Bonchev–Trinajstić information content (AvgIpc) is 2.71. The normalized spacial score (nSPS) is 19.2. The number of nitrogen functional groups attached to an aromatic ring is 1. The summed E-state index contributed by atoms with van der Waals surface area (Å²) >= 11 is 0. The Balaban J connectivity index is 2.24. The first kappa shape index (κ1) is 11.5. The lowest BCUT2D eigenvalue weighted by Crippen LogP contribution is -2.29. The highest BCUT2D eigenvalue weighted by Crippen LogP contribution is 2.32. The molecule has 2 nitrogen and oxygen atoms in total. The standard InChI is InChI=1S/C14H22N2/c1-11(2)14(16-8-3-4-9-16)12-6-5-7-13(15)10-12/h5-7,10-11,14H,3-4,8-9,15H2,1-2H3. The molecule has 1 aromatic carbocycles. The van der Waals surface area contributed by atoms with E-state index in [4.69, 9.17) is 5.73 Å². The summed E-state index contributed by atoms with van der Waals surface area (Å²) in [5.74, 6) is 0.639. The molecule has 0 spiro atoms. The number of benzene rings is 1. The maximum absolute atomic E-state index is 5.88. The number of nitrogens with two attached hydrogens (primary N) is 1. The van der Waals surface area contributed by atoms with Crippen molar-refractivity contribution in [3.8, 4) is 0 Å². The molecule has 0 saturated carbocycles. The lowest BCUT2D eigenvalue weighted by Gasteiger charge is -2.31. The molecule has 2 heteroatoms. The summed E-state index contributed by atoms with van der Waals surface area (Å²) in [7, 11) is 0. The van der Waals surface area contributed by atoms with Crippen molar-refractivity contribution in [1.82, 2.24) is 4.90 Å². The molecule has 1 aromatic rings. The second-order valence-electron chi connectivity index (χ2n) is 5.10. The molecule has 0 aliphatic carbocycles. The highest BCUT2D eigenvalue weighted by atomic mass is 15.2. The Morgan fingerprint density at radius 3 is 2.44 bits per heavy atom. The molecule has 0 bridgehead atoms. The summed E-state index contributed by atoms with van der Waals surface area (Å²) < 4.78 is 0. The van der Waals surface area contributed by atoms with E-state index < -0.39 is 0 Å². The van der Waals surface area contributed by atoms with Gasteiger partial charge in [0.1, 0.15) is 0 Å². The van der Waals surface area contributed by atoms with Crippen LogP contribution in [0.15, 0.2) is 24.3 Å². The quantitative estimate of drug-likeness (QED) is 0.790. The van der Waals surface area contributed by atoms with Crippen molar-refractivity contribution in [1.29, 1.82) is 0 Å². The molecule has 0 aromatic heterocycles. The fraction of sp³-hybridized carbons (Fsp3) is 0.571. The number of nitrogens with zero attached hydrogens (tertiary/aromatic N) is 1. The number of hydrogen-bond acceptors (Lipinski definition) is 2. The Kier molecular flexibility index (Phi) is 3.49. The second kappa shape index (κ2) is 4.88. The first-order chi connectivity index (χ1) is 7.68. The van der Waals surface area contributed by atoms with Gasteiger partial charge >= 0.3 is 0 Å². The van der Waals surface area contributed by atoms with Crippen molar-refractivity contribution >= 4 is 5.69 Å². The monoisotopic (exact) mass is 218 g/mol. The minimum atomic E-state index is 0.533. The van der Waals surface area contributed by atoms with E-state index >= 15 is 0 Å². The number of rotatable bonds is 3. The molecule has 0 amide bonds. The number of anilines is 1. The molecule has 1 saturated heterocycles. The van der Waals surface area contributed by atoms with Crippen LogP contribution in [0.3, 0.4) is 0 Å². The zero-order valence-electron chi connectivity index (χ0n) is 10.3. The van der Waals surface area contributed by atoms with Gasteiger partial charge in [0.15, 0.2) is 0 Å². The van der Waals surface area contributed by atoms with Gasteiger partial charge in [-0.2, -0.15) is 0 Å². The minimum absolute atomic E-state index is 0.533. The van der Waals surface area contributed by atoms with Gasteiger partial charge in [-0.3, -0.25) is 4.90 Å². The summed E-state index contributed by atoms with van der Waals surface area (Å²) in [4.78, 5) is 2.60. The molecule has 88 valence electrons. The molecule has 2 N–H and O–H groups in total. The van der Waals surface area contributed by atoms with Crippen LogP contribution in [0.1, 0.15) is 38.3 Å². The summed E-state index contributed by atoms with van der Waals surface area (Å²) in [5, 5.41) is 0. The highest BCUT2D eigenvalue weighted by molar-refractivity contribution is 5.41. The van der Waals surface area contributed by atoms with Crippen molar-refractivity contribution in [2.24, 2.45) is 5.92 Å². The van der Waals surface area contributed by atoms with Gasteiger partial charge in [0, 0.05) is 11.7 Å². The van der Waals surface area contributed by atoms with Gasteiger partial charge in [0.2, 0.25) is 0 Å². The van der Waals surface area contributed by atoms with E-state index in [1.54, 1.807) is 0 Å². The summed E-state index contributed by atoms with van der Waals surface area (Å²) in [6, 6.07) is 8.90. The molecular weight excluding hydrogens is 196 g/mol. The Bertz CT molecular complexity index is 340. The van der Waals surface area contributed by atoms with E-state index in [2.05, 4.69) is 36.9 Å². The molecule has 1 unspecified atom stereocenters. The van der Waals surface area contributed by atoms with Gasteiger partial charge < -0.3 is 5.73 Å². The van der Waals surface area contributed by atoms with Crippen molar-refractivity contribution in [2.45, 2.75) is 32.7 Å². The lowest BCUT2D eigenvalue weighted by molar-refractivity contribution is 0.193. The Labute approximate surface area is 98.4 Å². The highest BCUT2D eigenvalue weighted by Gasteiger charge is 2.25. The molecule has 2 rings (SSSR count). The van der Waals surface area contributed by atoms with E-state index in [0.717, 1.165) is 5.69 Å². The zero-order chi connectivity index (χ0) is 11.5. The largest absolute Gasteiger partial charge is 0.399 e. The summed E-state index contributed by atoms with van der Waals surface area (Å²) in [5.41, 5.74) is 8.13. The van der Waals surface area contributed by atoms with Crippen LogP contribution < -0.4 is 5.73 Å². The zero-order valence-corrected chi connectivity index (χ0v) is 10.3. The molecule has 16 heavy (non-hydrogen) atoms. The van der Waals surface area contributed by atoms with Crippen LogP contribution in [-0.2, 0) is 0 Å². The van der Waals surface area contributed by atoms with Crippen LogP contribution >= 0.6 is 0 Å². The third kappa shape index (κ3) is 2.38. The van der Waals surface area contributed by atoms with Gasteiger partial charge in [0.25, 0.3) is 0 Å². The minimum Gasteiger partial charge on any atom is -0.399 e. The molecule has 1 fully saturated rings. The third-order valence-corrected chi connectivity index (χ3v) is 3.42. The third-order valence-electron chi connectivity index (χ3n) is 3.42. The molecule has 1 aliphatic heterocycles. The van der Waals surface area contributed by atoms with E-state index in [0.29, 0.717) is 12.0 Å².